The maximum Gasteiger partial charge on any atom is 0.247 e. The molecule has 1 atom stereocenters. The van der Waals surface area contributed by atoms with Crippen molar-refractivity contribution in [1.82, 2.24) is 9.88 Å². The highest BCUT2D eigenvalue weighted by molar-refractivity contribution is 5.95. The molecule has 4 nitrogen and oxygen atoms in total. The molecule has 0 N–H and O–H groups in total. The third-order valence-electron chi connectivity index (χ3n) is 3.97. The first kappa shape index (κ1) is 16.7. The summed E-state index contributed by atoms with van der Waals surface area (Å²) in [6.45, 7) is 3.90. The standard InChI is InChI=1S/C19H22N2O2/c1-14(17-9-5-6-10-18(17)23-4)12-19(22)21(3)15(2)16-8-7-11-20-13-16/h5-13,15H,1-4H3/b14-12+. The van der Waals surface area contributed by atoms with Crippen LogP contribution in [-0.4, -0.2) is 29.9 Å². The monoisotopic (exact) mass is 310 g/mol. The lowest BCUT2D eigenvalue weighted by Crippen LogP contribution is -2.28. The Labute approximate surface area is 137 Å². The molecular weight excluding hydrogens is 288 g/mol. The van der Waals surface area contributed by atoms with Gasteiger partial charge in [0, 0.05) is 31.1 Å². The van der Waals surface area contributed by atoms with Gasteiger partial charge in [0.05, 0.1) is 13.2 Å². The van der Waals surface area contributed by atoms with Crippen LogP contribution in [0.25, 0.3) is 5.57 Å². The van der Waals surface area contributed by atoms with Crippen molar-refractivity contribution in [2.45, 2.75) is 19.9 Å². The molecule has 2 aromatic rings. The number of hydrogen-bond donors (Lipinski definition) is 0. The van der Waals surface area contributed by atoms with Gasteiger partial charge in [0.1, 0.15) is 5.75 Å². The van der Waals surface area contributed by atoms with Crippen LogP contribution in [0.1, 0.15) is 31.0 Å². The Morgan fingerprint density at radius 1 is 1.26 bits per heavy atom. The molecule has 1 heterocycles. The lowest BCUT2D eigenvalue weighted by molar-refractivity contribution is -0.126. The largest absolute Gasteiger partial charge is 0.496 e. The summed E-state index contributed by atoms with van der Waals surface area (Å²) in [5, 5.41) is 0. The van der Waals surface area contributed by atoms with Crippen molar-refractivity contribution < 1.29 is 9.53 Å². The minimum atomic E-state index is -0.0511. The summed E-state index contributed by atoms with van der Waals surface area (Å²) in [4.78, 5) is 18.3. The molecule has 2 rings (SSSR count). The minimum Gasteiger partial charge on any atom is -0.496 e. The second-order valence-corrected chi connectivity index (χ2v) is 5.44. The van der Waals surface area contributed by atoms with Crippen LogP contribution in [0.3, 0.4) is 0 Å². The van der Waals surface area contributed by atoms with Crippen LogP contribution >= 0.6 is 0 Å². The van der Waals surface area contributed by atoms with Gasteiger partial charge in [-0.1, -0.05) is 24.3 Å². The van der Waals surface area contributed by atoms with Gasteiger partial charge in [0.15, 0.2) is 0 Å². The third kappa shape index (κ3) is 3.97. The summed E-state index contributed by atoms with van der Waals surface area (Å²) in [6, 6.07) is 11.5. The summed E-state index contributed by atoms with van der Waals surface area (Å²) >= 11 is 0. The number of methoxy groups -OCH3 is 1. The smallest absolute Gasteiger partial charge is 0.247 e. The number of carbonyl (C=O) groups is 1. The van der Waals surface area contributed by atoms with Crippen LogP contribution in [-0.2, 0) is 4.79 Å². The second-order valence-electron chi connectivity index (χ2n) is 5.44. The molecule has 1 amide bonds. The number of aromatic nitrogens is 1. The summed E-state index contributed by atoms with van der Waals surface area (Å²) < 4.78 is 5.35. The number of benzene rings is 1. The molecule has 1 aromatic carbocycles. The molecule has 0 radical (unpaired) electrons. The first-order valence-corrected chi connectivity index (χ1v) is 7.53. The molecule has 0 saturated carbocycles. The second kappa shape index (κ2) is 7.58. The number of ether oxygens (including phenoxy) is 1. The number of hydrogen-bond acceptors (Lipinski definition) is 3. The van der Waals surface area contributed by atoms with Gasteiger partial charge in [-0.05, 0) is 37.1 Å². The van der Waals surface area contributed by atoms with E-state index in [0.29, 0.717) is 0 Å². The fourth-order valence-electron chi connectivity index (χ4n) is 2.37. The predicted molar refractivity (Wildman–Crippen MR) is 92.1 cm³/mol. The molecule has 0 fully saturated rings. The van der Waals surface area contributed by atoms with Crippen molar-refractivity contribution in [3.8, 4) is 5.75 Å². The zero-order chi connectivity index (χ0) is 16.8. The van der Waals surface area contributed by atoms with Crippen molar-refractivity contribution in [1.29, 1.82) is 0 Å². The van der Waals surface area contributed by atoms with Gasteiger partial charge in [-0.15, -0.1) is 0 Å². The summed E-state index contributed by atoms with van der Waals surface area (Å²) in [5.74, 6) is 0.710. The highest BCUT2D eigenvalue weighted by Gasteiger charge is 2.16. The molecule has 0 spiro atoms. The van der Waals surface area contributed by atoms with E-state index in [1.807, 2.05) is 50.2 Å². The fourth-order valence-corrected chi connectivity index (χ4v) is 2.37. The molecule has 1 unspecified atom stereocenters. The molecule has 1 aromatic heterocycles. The van der Waals surface area contributed by atoms with Gasteiger partial charge in [-0.25, -0.2) is 0 Å². The Morgan fingerprint density at radius 3 is 2.65 bits per heavy atom. The minimum absolute atomic E-state index is 0.0436. The van der Waals surface area contributed by atoms with E-state index >= 15 is 0 Å². The zero-order valence-corrected chi connectivity index (χ0v) is 14.0. The van der Waals surface area contributed by atoms with E-state index in [4.69, 9.17) is 4.74 Å². The highest BCUT2D eigenvalue weighted by atomic mass is 16.5. The van der Waals surface area contributed by atoms with Gasteiger partial charge in [0.2, 0.25) is 5.91 Å². The number of allylic oxidation sites excluding steroid dienone is 1. The number of amides is 1. The number of rotatable bonds is 5. The Bertz CT molecular complexity index is 696. The van der Waals surface area contributed by atoms with E-state index in [0.717, 1.165) is 22.4 Å². The van der Waals surface area contributed by atoms with Gasteiger partial charge in [-0.2, -0.15) is 0 Å². The number of likely N-dealkylation sites (N-methyl/N-ethyl adjacent to an activating group) is 1. The van der Waals surface area contributed by atoms with Gasteiger partial charge >= 0.3 is 0 Å². The average Bonchev–Trinajstić information content (AvgIpc) is 2.60. The van der Waals surface area contributed by atoms with E-state index in [1.54, 1.807) is 37.5 Å². The Balaban J connectivity index is 2.19. The first-order chi connectivity index (χ1) is 11.0. The SMILES string of the molecule is COc1ccccc1/C(C)=C/C(=O)N(C)C(C)c1cccnc1. The molecule has 0 aliphatic carbocycles. The zero-order valence-electron chi connectivity index (χ0n) is 14.0. The summed E-state index contributed by atoms with van der Waals surface area (Å²) in [6.07, 6.45) is 5.15. The van der Waals surface area contributed by atoms with Crippen molar-refractivity contribution in [3.05, 3.63) is 66.0 Å². The van der Waals surface area contributed by atoms with E-state index in [-0.39, 0.29) is 11.9 Å². The quantitative estimate of drug-likeness (QED) is 0.791. The number of carbonyl (C=O) groups excluding carboxylic acids is 1. The first-order valence-electron chi connectivity index (χ1n) is 7.53. The van der Waals surface area contributed by atoms with Crippen molar-refractivity contribution in [3.63, 3.8) is 0 Å². The van der Waals surface area contributed by atoms with E-state index in [2.05, 4.69) is 4.98 Å². The van der Waals surface area contributed by atoms with E-state index in [9.17, 15) is 4.79 Å². The van der Waals surface area contributed by atoms with Crippen molar-refractivity contribution in [2.75, 3.05) is 14.2 Å². The van der Waals surface area contributed by atoms with Crippen LogP contribution in [0, 0.1) is 0 Å². The summed E-state index contributed by atoms with van der Waals surface area (Å²) in [5.41, 5.74) is 2.80. The van der Waals surface area contributed by atoms with E-state index in [1.165, 1.54) is 0 Å². The molecule has 4 heteroatoms. The third-order valence-corrected chi connectivity index (χ3v) is 3.97. The van der Waals surface area contributed by atoms with Crippen molar-refractivity contribution >= 4 is 11.5 Å². The van der Waals surface area contributed by atoms with Gasteiger partial charge < -0.3 is 9.64 Å². The van der Waals surface area contributed by atoms with E-state index < -0.39 is 0 Å². The molecule has 0 bridgehead atoms. The molecule has 0 aliphatic heterocycles. The maximum absolute atomic E-state index is 12.5. The number of para-hydroxylation sites is 1. The number of nitrogens with zero attached hydrogens (tertiary/aromatic N) is 2. The Morgan fingerprint density at radius 2 is 2.00 bits per heavy atom. The van der Waals surface area contributed by atoms with Crippen LogP contribution < -0.4 is 4.74 Å². The summed E-state index contributed by atoms with van der Waals surface area (Å²) in [7, 11) is 3.43. The predicted octanol–water partition coefficient (Wildman–Crippen LogP) is 3.71. The molecular formula is C19H22N2O2. The molecule has 23 heavy (non-hydrogen) atoms. The van der Waals surface area contributed by atoms with Crippen LogP contribution in [0.2, 0.25) is 0 Å². The molecule has 0 aliphatic rings. The van der Waals surface area contributed by atoms with Crippen LogP contribution in [0.15, 0.2) is 54.9 Å². The highest BCUT2D eigenvalue weighted by Crippen LogP contribution is 2.26. The average molecular weight is 310 g/mol. The fraction of sp³-hybridized carbons (Fsp3) is 0.263. The maximum atomic E-state index is 12.5. The van der Waals surface area contributed by atoms with Gasteiger partial charge in [-0.3, -0.25) is 9.78 Å². The Hall–Kier alpha value is -2.62. The molecule has 0 saturated heterocycles. The lowest BCUT2D eigenvalue weighted by atomic mass is 10.1. The van der Waals surface area contributed by atoms with Crippen molar-refractivity contribution in [2.24, 2.45) is 0 Å². The lowest BCUT2D eigenvalue weighted by Gasteiger charge is -2.24. The normalized spacial score (nSPS) is 12.6. The van der Waals surface area contributed by atoms with Crippen LogP contribution in [0.4, 0.5) is 0 Å². The van der Waals surface area contributed by atoms with Crippen LogP contribution in [0.5, 0.6) is 5.75 Å². The number of pyridine rings is 1. The van der Waals surface area contributed by atoms with Gasteiger partial charge in [0.25, 0.3) is 0 Å². The Kier molecular flexibility index (Phi) is 5.52. The topological polar surface area (TPSA) is 42.4 Å². The molecule has 120 valence electrons.